The van der Waals surface area contributed by atoms with Crippen molar-refractivity contribution in [2.75, 3.05) is 18.9 Å². The molecular formula is C27H30F3N5O5. The van der Waals surface area contributed by atoms with Crippen LogP contribution in [0, 0.1) is 23.2 Å². The number of anilines is 1. The molecule has 4 amide bonds. The Balaban J connectivity index is 1.37. The highest BCUT2D eigenvalue weighted by molar-refractivity contribution is 6.02. The van der Waals surface area contributed by atoms with Crippen LogP contribution in [0.5, 0.6) is 5.75 Å². The molecule has 2 heterocycles. The Kier molecular flexibility index (Phi) is 7.14. The lowest BCUT2D eigenvalue weighted by Gasteiger charge is -2.36. The van der Waals surface area contributed by atoms with Crippen molar-refractivity contribution in [2.45, 2.75) is 74.8 Å². The summed E-state index contributed by atoms with van der Waals surface area (Å²) < 4.78 is 45.1. The summed E-state index contributed by atoms with van der Waals surface area (Å²) in [5.74, 6) is -3.55. The molecule has 5 rings (SSSR count). The second-order valence-electron chi connectivity index (χ2n) is 11.2. The van der Waals surface area contributed by atoms with Gasteiger partial charge in [0, 0.05) is 13.5 Å². The maximum atomic E-state index is 14.0. The number of hydrogen-bond acceptors (Lipinski definition) is 6. The lowest BCUT2D eigenvalue weighted by atomic mass is 9.97. The molecule has 4 unspecified atom stereocenters. The third kappa shape index (κ3) is 5.57. The molecule has 3 fully saturated rings. The largest absolute Gasteiger partial charge is 0.473 e. The first-order chi connectivity index (χ1) is 18.9. The van der Waals surface area contributed by atoms with Gasteiger partial charge in [-0.3, -0.25) is 19.2 Å². The van der Waals surface area contributed by atoms with E-state index in [9.17, 15) is 37.6 Å². The van der Waals surface area contributed by atoms with Gasteiger partial charge in [0.1, 0.15) is 23.9 Å². The molecule has 2 saturated carbocycles. The molecule has 0 aromatic heterocycles. The van der Waals surface area contributed by atoms with E-state index >= 15 is 0 Å². The van der Waals surface area contributed by atoms with Crippen LogP contribution in [0.4, 0.5) is 18.9 Å². The molecular weight excluding hydrogens is 531 g/mol. The van der Waals surface area contributed by atoms with E-state index in [1.165, 1.54) is 11.9 Å². The second kappa shape index (κ2) is 10.3. The number of carbonyl (C=O) groups excluding carboxylic acids is 4. The van der Waals surface area contributed by atoms with Gasteiger partial charge in [-0.25, -0.2) is 0 Å². The van der Waals surface area contributed by atoms with Gasteiger partial charge in [-0.15, -0.1) is 0 Å². The van der Waals surface area contributed by atoms with Crippen molar-refractivity contribution in [3.05, 3.63) is 24.3 Å². The van der Waals surface area contributed by atoms with Crippen LogP contribution >= 0.6 is 0 Å². The topological polar surface area (TPSA) is 132 Å². The molecule has 2 N–H and O–H groups in total. The van der Waals surface area contributed by atoms with E-state index in [1.54, 1.807) is 24.3 Å². The number of carbonyl (C=O) groups is 4. The summed E-state index contributed by atoms with van der Waals surface area (Å²) in [6.07, 6.45) is -1.82. The fourth-order valence-corrected chi connectivity index (χ4v) is 5.44. The van der Waals surface area contributed by atoms with Crippen LogP contribution in [0.25, 0.3) is 0 Å². The minimum Gasteiger partial charge on any atom is -0.473 e. The number of para-hydroxylation sites is 2. The number of fused-ring (bicyclic) bond motifs is 1. The van der Waals surface area contributed by atoms with E-state index in [-0.39, 0.29) is 37.6 Å². The zero-order chi connectivity index (χ0) is 28.8. The molecule has 1 saturated heterocycles. The second-order valence-corrected chi connectivity index (χ2v) is 11.2. The number of nitriles is 1. The Morgan fingerprint density at radius 3 is 2.48 bits per heavy atom. The minimum atomic E-state index is -5.16. The van der Waals surface area contributed by atoms with Gasteiger partial charge in [0.2, 0.25) is 17.4 Å². The maximum Gasteiger partial charge on any atom is 0.471 e. The molecule has 0 bridgehead atoms. The number of ether oxygens (including phenoxy) is 1. The normalized spacial score (nSPS) is 25.2. The van der Waals surface area contributed by atoms with Gasteiger partial charge in [0.05, 0.1) is 18.3 Å². The number of likely N-dealkylation sites (tertiary alicyclic amines) is 1. The maximum absolute atomic E-state index is 14.0. The molecule has 4 atom stereocenters. The molecule has 0 radical (unpaired) electrons. The summed E-state index contributed by atoms with van der Waals surface area (Å²) in [4.78, 5) is 54.6. The molecule has 40 heavy (non-hydrogen) atoms. The summed E-state index contributed by atoms with van der Waals surface area (Å²) in [6, 6.07) is 5.30. The molecule has 1 aromatic rings. The van der Waals surface area contributed by atoms with Gasteiger partial charge in [-0.1, -0.05) is 37.8 Å². The minimum absolute atomic E-state index is 0.0136. The van der Waals surface area contributed by atoms with Crippen LogP contribution in [0.1, 0.15) is 44.9 Å². The summed E-state index contributed by atoms with van der Waals surface area (Å²) in [5, 5.41) is 14.5. The van der Waals surface area contributed by atoms with E-state index < -0.39 is 53.5 Å². The standard InChI is InChI=1S/C27H30F3N5O5/c1-34(22(36)19(10-15-6-7-15)33-25(39)27(28,29)30)20(11-16-8-9-16)23(37)35-14-26(12-17(35)13-31)24(38)32-18-4-2-3-5-21(18)40-26/h2-5,15-17,19-20H,6-12,14H2,1H3,(H,32,38)(H,33,39). The number of amides is 4. The summed E-state index contributed by atoms with van der Waals surface area (Å²) in [7, 11) is 1.33. The van der Waals surface area contributed by atoms with Gasteiger partial charge in [-0.05, 0) is 36.8 Å². The van der Waals surface area contributed by atoms with Crippen LogP contribution in [0.15, 0.2) is 24.3 Å². The van der Waals surface area contributed by atoms with Crippen molar-refractivity contribution in [2.24, 2.45) is 11.8 Å². The Labute approximate surface area is 228 Å². The number of halogens is 3. The quantitative estimate of drug-likeness (QED) is 0.501. The van der Waals surface area contributed by atoms with E-state index in [2.05, 4.69) is 11.4 Å². The van der Waals surface area contributed by atoms with E-state index in [0.717, 1.165) is 30.6 Å². The lowest BCUT2D eigenvalue weighted by Crippen LogP contribution is -2.58. The highest BCUT2D eigenvalue weighted by atomic mass is 19.4. The monoisotopic (exact) mass is 561 g/mol. The van der Waals surface area contributed by atoms with Crippen LogP contribution in [0.2, 0.25) is 0 Å². The van der Waals surface area contributed by atoms with Crippen LogP contribution in [-0.2, 0) is 19.2 Å². The number of nitrogens with zero attached hydrogens (tertiary/aromatic N) is 3. The van der Waals surface area contributed by atoms with Crippen molar-refractivity contribution in [3.63, 3.8) is 0 Å². The number of alkyl halides is 3. The zero-order valence-electron chi connectivity index (χ0n) is 21.9. The Bertz CT molecular complexity index is 1260. The first kappa shape index (κ1) is 27.7. The number of benzene rings is 1. The lowest BCUT2D eigenvalue weighted by molar-refractivity contribution is -0.175. The SMILES string of the molecule is CN(C(=O)C(CC1CC1)NC(=O)C(F)(F)F)C(CC1CC1)C(=O)N1CC2(CC1C#N)Oc1ccccc1NC2=O. The fourth-order valence-electron chi connectivity index (χ4n) is 5.44. The smallest absolute Gasteiger partial charge is 0.471 e. The predicted octanol–water partition coefficient (Wildman–Crippen LogP) is 2.36. The van der Waals surface area contributed by atoms with E-state index in [1.807, 2.05) is 5.32 Å². The number of nitrogens with one attached hydrogen (secondary N) is 2. The third-order valence-corrected chi connectivity index (χ3v) is 8.09. The number of hydrogen-bond donors (Lipinski definition) is 2. The van der Waals surface area contributed by atoms with Crippen molar-refractivity contribution >= 4 is 29.3 Å². The molecule has 13 heteroatoms. The Morgan fingerprint density at radius 1 is 1.20 bits per heavy atom. The summed E-state index contributed by atoms with van der Waals surface area (Å²) in [5.41, 5.74) is -1.04. The van der Waals surface area contributed by atoms with Crippen LogP contribution < -0.4 is 15.4 Å². The molecule has 10 nitrogen and oxygen atoms in total. The molecule has 1 aromatic carbocycles. The van der Waals surface area contributed by atoms with Crippen molar-refractivity contribution in [3.8, 4) is 11.8 Å². The summed E-state index contributed by atoms with van der Waals surface area (Å²) >= 11 is 0. The fraction of sp³-hybridized carbons (Fsp3) is 0.593. The van der Waals surface area contributed by atoms with Crippen molar-refractivity contribution in [1.82, 2.24) is 15.1 Å². The van der Waals surface area contributed by atoms with Crippen molar-refractivity contribution < 1.29 is 37.1 Å². The van der Waals surface area contributed by atoms with Gasteiger partial charge in [0.15, 0.2) is 0 Å². The van der Waals surface area contributed by atoms with E-state index in [4.69, 9.17) is 4.74 Å². The average molecular weight is 562 g/mol. The highest BCUT2D eigenvalue weighted by Crippen LogP contribution is 2.41. The molecule has 1 spiro atoms. The van der Waals surface area contributed by atoms with Gasteiger partial charge in [-0.2, -0.15) is 18.4 Å². The number of rotatable bonds is 8. The van der Waals surface area contributed by atoms with Crippen molar-refractivity contribution in [1.29, 1.82) is 5.26 Å². The average Bonchev–Trinajstić information content (AvgIpc) is 3.85. The Morgan fingerprint density at radius 2 is 1.85 bits per heavy atom. The highest BCUT2D eigenvalue weighted by Gasteiger charge is 2.56. The number of likely N-dealkylation sites (N-methyl/N-ethyl adjacent to an activating group) is 1. The third-order valence-electron chi connectivity index (χ3n) is 8.09. The van der Waals surface area contributed by atoms with Gasteiger partial charge >= 0.3 is 12.1 Å². The van der Waals surface area contributed by atoms with Crippen LogP contribution in [0.3, 0.4) is 0 Å². The molecule has 214 valence electrons. The molecule has 2 aliphatic heterocycles. The first-order valence-electron chi connectivity index (χ1n) is 13.4. The predicted molar refractivity (Wildman–Crippen MR) is 133 cm³/mol. The molecule has 2 aliphatic carbocycles. The summed E-state index contributed by atoms with van der Waals surface area (Å²) in [6.45, 7) is -0.232. The zero-order valence-corrected chi connectivity index (χ0v) is 21.9. The first-order valence-corrected chi connectivity index (χ1v) is 13.4. The van der Waals surface area contributed by atoms with Crippen LogP contribution in [-0.4, -0.2) is 76.9 Å². The van der Waals surface area contributed by atoms with Gasteiger partial charge in [0.25, 0.3) is 5.91 Å². The Hall–Kier alpha value is -3.82. The van der Waals surface area contributed by atoms with Gasteiger partial charge < -0.3 is 25.2 Å². The van der Waals surface area contributed by atoms with E-state index in [0.29, 0.717) is 11.4 Å². The molecule has 4 aliphatic rings.